The highest BCUT2D eigenvalue weighted by atomic mass is 35.5. The number of aromatic nitrogens is 1. The molecule has 0 saturated carbocycles. The summed E-state index contributed by atoms with van der Waals surface area (Å²) in [6.07, 6.45) is 3.15. The number of carbonyl (C=O) groups is 1. The van der Waals surface area contributed by atoms with E-state index in [2.05, 4.69) is 11.2 Å². The topological polar surface area (TPSA) is 34.0 Å². The van der Waals surface area contributed by atoms with Crippen LogP contribution in [-0.2, 0) is 19.6 Å². The molecule has 0 saturated heterocycles. The van der Waals surface area contributed by atoms with Crippen LogP contribution in [0.1, 0.15) is 21.5 Å². The van der Waals surface area contributed by atoms with E-state index in [0.29, 0.717) is 22.7 Å². The number of aryl methyl sites for hydroxylation is 1. The van der Waals surface area contributed by atoms with Gasteiger partial charge in [0.2, 0.25) is 0 Å². The summed E-state index contributed by atoms with van der Waals surface area (Å²) in [6.45, 7) is 0. The third-order valence-electron chi connectivity index (χ3n) is 4.33. The number of benzene rings is 2. The molecule has 0 aliphatic rings. The van der Waals surface area contributed by atoms with Crippen LogP contribution < -0.4 is 5.32 Å². The number of anilines is 1. The quantitative estimate of drug-likeness (QED) is 0.536. The second kappa shape index (κ2) is 8.06. The van der Waals surface area contributed by atoms with Crippen LogP contribution in [-0.4, -0.2) is 10.5 Å². The van der Waals surface area contributed by atoms with Crippen molar-refractivity contribution in [3.8, 4) is 23.5 Å². The SMILES string of the molecule is C#CCc1cc(Cl)ccc1-c1ccccc1NC(=O)c1cn(C)cc1C(F)(F)F. The summed E-state index contributed by atoms with van der Waals surface area (Å²) in [5.41, 5.74) is 1.08. The Balaban J connectivity index is 2.02. The summed E-state index contributed by atoms with van der Waals surface area (Å²) in [5, 5.41) is 3.11. The Bertz CT molecular complexity index is 1110. The Hall–Kier alpha value is -3.17. The van der Waals surface area contributed by atoms with Crippen molar-refractivity contribution < 1.29 is 18.0 Å². The first-order valence-corrected chi connectivity index (χ1v) is 8.94. The van der Waals surface area contributed by atoms with E-state index in [1.54, 1.807) is 42.5 Å². The first-order valence-electron chi connectivity index (χ1n) is 8.56. The van der Waals surface area contributed by atoms with Gasteiger partial charge in [0.05, 0.1) is 11.1 Å². The second-order valence-electron chi connectivity index (χ2n) is 6.43. The van der Waals surface area contributed by atoms with E-state index in [-0.39, 0.29) is 0 Å². The number of terminal acetylenes is 1. The third-order valence-corrected chi connectivity index (χ3v) is 4.57. The van der Waals surface area contributed by atoms with E-state index in [4.69, 9.17) is 18.0 Å². The Morgan fingerprint density at radius 3 is 2.59 bits per heavy atom. The molecule has 0 radical (unpaired) electrons. The van der Waals surface area contributed by atoms with E-state index in [1.807, 2.05) is 0 Å². The van der Waals surface area contributed by atoms with E-state index < -0.39 is 23.2 Å². The van der Waals surface area contributed by atoms with Crippen LogP contribution in [0.4, 0.5) is 18.9 Å². The number of nitrogens with zero attached hydrogens (tertiary/aromatic N) is 1. The lowest BCUT2D eigenvalue weighted by molar-refractivity contribution is -0.137. The molecule has 3 nitrogen and oxygen atoms in total. The van der Waals surface area contributed by atoms with Gasteiger partial charge in [-0.25, -0.2) is 0 Å². The molecule has 0 bridgehead atoms. The molecule has 1 aromatic heterocycles. The Morgan fingerprint density at radius 2 is 1.90 bits per heavy atom. The maximum Gasteiger partial charge on any atom is 0.418 e. The van der Waals surface area contributed by atoms with Gasteiger partial charge in [0, 0.05) is 42.1 Å². The molecular weight excluding hydrogens is 401 g/mol. The summed E-state index contributed by atoms with van der Waals surface area (Å²) >= 11 is 6.06. The number of amides is 1. The van der Waals surface area contributed by atoms with E-state index in [9.17, 15) is 18.0 Å². The van der Waals surface area contributed by atoms with Crippen LogP contribution in [0.5, 0.6) is 0 Å². The molecule has 2 aromatic carbocycles. The number of hydrogen-bond donors (Lipinski definition) is 1. The molecule has 0 aliphatic carbocycles. The lowest BCUT2D eigenvalue weighted by Gasteiger charge is -2.15. The summed E-state index contributed by atoms with van der Waals surface area (Å²) in [7, 11) is 1.43. The highest BCUT2D eigenvalue weighted by molar-refractivity contribution is 6.30. The van der Waals surface area contributed by atoms with Crippen molar-refractivity contribution in [2.45, 2.75) is 12.6 Å². The van der Waals surface area contributed by atoms with Gasteiger partial charge < -0.3 is 9.88 Å². The highest BCUT2D eigenvalue weighted by Crippen LogP contribution is 2.35. The average Bonchev–Trinajstić information content (AvgIpc) is 3.05. The van der Waals surface area contributed by atoms with Gasteiger partial charge in [-0.3, -0.25) is 4.79 Å². The van der Waals surface area contributed by atoms with E-state index >= 15 is 0 Å². The smallest absolute Gasteiger partial charge is 0.356 e. The first kappa shape index (κ1) is 20.6. The average molecular weight is 417 g/mol. The summed E-state index contributed by atoms with van der Waals surface area (Å²) in [4.78, 5) is 12.7. The number of carbonyl (C=O) groups excluding carboxylic acids is 1. The zero-order chi connectivity index (χ0) is 21.2. The molecule has 7 heteroatoms. The molecule has 0 aliphatic heterocycles. The molecule has 0 fully saturated rings. The van der Waals surface area contributed by atoms with Crippen molar-refractivity contribution in [2.75, 3.05) is 5.32 Å². The largest absolute Gasteiger partial charge is 0.418 e. The van der Waals surface area contributed by atoms with Crippen LogP contribution in [0, 0.1) is 12.3 Å². The van der Waals surface area contributed by atoms with E-state index in [1.165, 1.54) is 11.6 Å². The Labute approximate surface area is 171 Å². The van der Waals surface area contributed by atoms with Gasteiger partial charge in [-0.2, -0.15) is 13.2 Å². The number of halogens is 4. The molecule has 3 aromatic rings. The molecule has 148 valence electrons. The summed E-state index contributed by atoms with van der Waals surface area (Å²) in [6, 6.07) is 12.0. The van der Waals surface area contributed by atoms with Crippen LogP contribution in [0.15, 0.2) is 54.9 Å². The molecule has 0 unspecified atom stereocenters. The number of nitrogens with one attached hydrogen (secondary N) is 1. The molecule has 0 atom stereocenters. The maximum absolute atomic E-state index is 13.3. The van der Waals surface area contributed by atoms with Crippen LogP contribution in [0.25, 0.3) is 11.1 Å². The summed E-state index contributed by atoms with van der Waals surface area (Å²) in [5.74, 6) is 1.71. The molecule has 1 heterocycles. The fraction of sp³-hybridized carbons (Fsp3) is 0.136. The van der Waals surface area contributed by atoms with Gasteiger partial charge in [0.15, 0.2) is 0 Å². The van der Waals surface area contributed by atoms with Gasteiger partial charge in [-0.1, -0.05) is 35.9 Å². The predicted octanol–water partition coefficient (Wildman–Crippen LogP) is 5.79. The lowest BCUT2D eigenvalue weighted by Crippen LogP contribution is -2.17. The van der Waals surface area contributed by atoms with E-state index in [0.717, 1.165) is 23.5 Å². The number of alkyl halides is 3. The van der Waals surface area contributed by atoms with Gasteiger partial charge in [0.25, 0.3) is 5.91 Å². The molecule has 1 amide bonds. The minimum Gasteiger partial charge on any atom is -0.356 e. The van der Waals surface area contributed by atoms with Crippen molar-refractivity contribution in [2.24, 2.45) is 7.05 Å². The third kappa shape index (κ3) is 4.47. The molecular formula is C22H16ClF3N2O. The normalized spacial score (nSPS) is 11.2. The van der Waals surface area contributed by atoms with Crippen molar-refractivity contribution in [3.05, 3.63) is 76.6 Å². The van der Waals surface area contributed by atoms with Gasteiger partial charge >= 0.3 is 6.18 Å². The Kier molecular flexibility index (Phi) is 5.71. The van der Waals surface area contributed by atoms with Gasteiger partial charge in [-0.05, 0) is 29.3 Å². The second-order valence-corrected chi connectivity index (χ2v) is 6.87. The van der Waals surface area contributed by atoms with Crippen LogP contribution in [0.2, 0.25) is 5.02 Å². The number of hydrogen-bond acceptors (Lipinski definition) is 1. The zero-order valence-corrected chi connectivity index (χ0v) is 16.1. The lowest BCUT2D eigenvalue weighted by atomic mass is 9.96. The van der Waals surface area contributed by atoms with Crippen LogP contribution >= 0.6 is 11.6 Å². The number of rotatable bonds is 4. The molecule has 1 N–H and O–H groups in total. The fourth-order valence-corrected chi connectivity index (χ4v) is 3.28. The first-order chi connectivity index (χ1) is 13.7. The van der Waals surface area contributed by atoms with Gasteiger partial charge in [-0.15, -0.1) is 12.3 Å². The minimum atomic E-state index is -4.64. The molecule has 3 rings (SSSR count). The standard InChI is InChI=1S/C22H16ClF3N2O/c1-3-6-14-11-15(23)9-10-16(14)17-7-4-5-8-20(17)27-21(29)18-12-28(2)13-19(18)22(24,25)26/h1,4-5,7-13H,6H2,2H3,(H,27,29). The van der Waals surface area contributed by atoms with Crippen LogP contribution in [0.3, 0.4) is 0 Å². The minimum absolute atomic E-state index is 0.315. The highest BCUT2D eigenvalue weighted by Gasteiger charge is 2.36. The predicted molar refractivity (Wildman–Crippen MR) is 108 cm³/mol. The molecule has 0 spiro atoms. The zero-order valence-electron chi connectivity index (χ0n) is 15.3. The van der Waals surface area contributed by atoms with Crippen molar-refractivity contribution in [3.63, 3.8) is 0 Å². The van der Waals surface area contributed by atoms with Crippen molar-refractivity contribution in [1.82, 2.24) is 4.57 Å². The Morgan fingerprint density at radius 1 is 1.17 bits per heavy atom. The maximum atomic E-state index is 13.3. The summed E-state index contributed by atoms with van der Waals surface area (Å²) < 4.78 is 41.0. The fourth-order valence-electron chi connectivity index (χ4n) is 3.09. The number of para-hydroxylation sites is 1. The van der Waals surface area contributed by atoms with Crippen molar-refractivity contribution >= 4 is 23.2 Å². The molecule has 29 heavy (non-hydrogen) atoms. The van der Waals surface area contributed by atoms with Gasteiger partial charge in [0.1, 0.15) is 0 Å². The monoisotopic (exact) mass is 416 g/mol. The van der Waals surface area contributed by atoms with Crippen molar-refractivity contribution in [1.29, 1.82) is 0 Å².